The minimum absolute atomic E-state index is 0.0685. The van der Waals surface area contributed by atoms with E-state index in [0.29, 0.717) is 0 Å². The van der Waals surface area contributed by atoms with Crippen LogP contribution in [-0.4, -0.2) is 66.5 Å². The van der Waals surface area contributed by atoms with Crippen molar-refractivity contribution in [3.05, 3.63) is 23.5 Å². The van der Waals surface area contributed by atoms with E-state index in [9.17, 15) is 4.79 Å². The van der Waals surface area contributed by atoms with Gasteiger partial charge in [0, 0.05) is 43.2 Å². The van der Waals surface area contributed by atoms with Crippen LogP contribution in [0.4, 0.5) is 10.5 Å². The molecule has 164 valence electrons. The van der Waals surface area contributed by atoms with Crippen LogP contribution >= 0.6 is 0 Å². The number of anilines is 1. The van der Waals surface area contributed by atoms with E-state index >= 15 is 0 Å². The van der Waals surface area contributed by atoms with Gasteiger partial charge in [-0.1, -0.05) is 20.8 Å². The zero-order valence-electron chi connectivity index (χ0n) is 18.9. The van der Waals surface area contributed by atoms with Crippen LogP contribution in [0.25, 0.3) is 11.0 Å². The zero-order valence-corrected chi connectivity index (χ0v) is 18.9. The van der Waals surface area contributed by atoms with Crippen LogP contribution in [0, 0.1) is 0 Å². The zero-order chi connectivity index (χ0) is 21.5. The molecule has 0 saturated carbocycles. The molecule has 3 heterocycles. The molecule has 7 heteroatoms. The molecule has 0 spiro atoms. The number of fused-ring (bicyclic) bond motifs is 3. The Balaban J connectivity index is 1.77. The number of ether oxygens (including phenoxy) is 2. The second-order valence-electron chi connectivity index (χ2n) is 9.45. The number of carbonyl (C=O) groups excluding carboxylic acids is 1. The minimum Gasteiger partial charge on any atom is -0.452 e. The number of imidazole rings is 1. The molecule has 0 radical (unpaired) electrons. The molecular weight excluding hydrogens is 380 g/mol. The molecule has 2 aromatic rings. The largest absolute Gasteiger partial charge is 0.452 e. The van der Waals surface area contributed by atoms with Gasteiger partial charge in [0.15, 0.2) is 0 Å². The smallest absolute Gasteiger partial charge is 0.414 e. The predicted octanol–water partition coefficient (Wildman–Crippen LogP) is 3.57. The standard InChI is InChI=1S/C23H34N4O3/c1-16-6-7-17-18(27(16)22(28)29-5)8-9-19-20(17)24-21(23(2,3)4)26(19)11-10-25-12-14-30-15-13-25/h8-9,16H,6-7,10-15H2,1-5H3/t16-/m0/s1. The maximum Gasteiger partial charge on any atom is 0.414 e. The van der Waals surface area contributed by atoms with E-state index < -0.39 is 0 Å². The van der Waals surface area contributed by atoms with Crippen LogP contribution in [0.15, 0.2) is 12.1 Å². The Morgan fingerprint density at radius 3 is 2.63 bits per heavy atom. The molecule has 1 amide bonds. The van der Waals surface area contributed by atoms with Gasteiger partial charge in [-0.15, -0.1) is 0 Å². The summed E-state index contributed by atoms with van der Waals surface area (Å²) in [6, 6.07) is 4.32. The molecule has 2 aliphatic heterocycles. The Morgan fingerprint density at radius 1 is 1.23 bits per heavy atom. The second-order valence-corrected chi connectivity index (χ2v) is 9.45. The van der Waals surface area contributed by atoms with E-state index in [-0.39, 0.29) is 17.6 Å². The highest BCUT2D eigenvalue weighted by Crippen LogP contribution is 2.38. The van der Waals surface area contributed by atoms with E-state index in [1.807, 2.05) is 0 Å². The minimum atomic E-state index is -0.300. The molecule has 30 heavy (non-hydrogen) atoms. The normalized spacial score (nSPS) is 20.4. The van der Waals surface area contributed by atoms with Crippen molar-refractivity contribution in [2.75, 3.05) is 44.9 Å². The van der Waals surface area contributed by atoms with Crippen LogP contribution in [-0.2, 0) is 27.9 Å². The number of rotatable bonds is 3. The summed E-state index contributed by atoms with van der Waals surface area (Å²) in [5, 5.41) is 0. The molecule has 1 aromatic heterocycles. The van der Waals surface area contributed by atoms with E-state index in [1.165, 1.54) is 7.11 Å². The summed E-state index contributed by atoms with van der Waals surface area (Å²) in [6.45, 7) is 14.2. The lowest BCUT2D eigenvalue weighted by atomic mass is 9.95. The Bertz CT molecular complexity index is 925. The first-order valence-corrected chi connectivity index (χ1v) is 11.0. The number of nitrogens with zero attached hydrogens (tertiary/aromatic N) is 4. The van der Waals surface area contributed by atoms with E-state index in [4.69, 9.17) is 14.5 Å². The van der Waals surface area contributed by atoms with Crippen molar-refractivity contribution in [2.24, 2.45) is 0 Å². The number of morpholine rings is 1. The summed E-state index contributed by atoms with van der Waals surface area (Å²) in [5.74, 6) is 1.10. The quantitative estimate of drug-likeness (QED) is 0.768. The predicted molar refractivity (Wildman–Crippen MR) is 118 cm³/mol. The van der Waals surface area contributed by atoms with Crippen LogP contribution in [0.1, 0.15) is 45.5 Å². The Morgan fingerprint density at radius 2 is 1.97 bits per heavy atom. The molecule has 0 bridgehead atoms. The van der Waals surface area contributed by atoms with Crippen molar-refractivity contribution >= 4 is 22.8 Å². The van der Waals surface area contributed by atoms with Crippen LogP contribution in [0.5, 0.6) is 0 Å². The van der Waals surface area contributed by atoms with E-state index in [1.54, 1.807) is 4.90 Å². The summed E-state index contributed by atoms with van der Waals surface area (Å²) in [4.78, 5) is 21.8. The maximum absolute atomic E-state index is 12.4. The number of aromatic nitrogens is 2. The topological polar surface area (TPSA) is 59.8 Å². The average Bonchev–Trinajstić information content (AvgIpc) is 3.11. The lowest BCUT2D eigenvalue weighted by Gasteiger charge is -2.34. The van der Waals surface area contributed by atoms with E-state index in [2.05, 4.69) is 49.3 Å². The van der Waals surface area contributed by atoms with Gasteiger partial charge in [-0.05, 0) is 31.9 Å². The van der Waals surface area contributed by atoms with Crippen molar-refractivity contribution in [1.29, 1.82) is 0 Å². The molecule has 0 unspecified atom stereocenters. The number of hydrogen-bond acceptors (Lipinski definition) is 5. The number of benzene rings is 1. The van der Waals surface area contributed by atoms with Crippen LogP contribution < -0.4 is 4.90 Å². The molecular formula is C23H34N4O3. The number of amides is 1. The Hall–Kier alpha value is -2.12. The van der Waals surface area contributed by atoms with Crippen LogP contribution in [0.2, 0.25) is 0 Å². The highest BCUT2D eigenvalue weighted by Gasteiger charge is 2.32. The van der Waals surface area contributed by atoms with Gasteiger partial charge in [0.2, 0.25) is 0 Å². The third kappa shape index (κ3) is 3.81. The van der Waals surface area contributed by atoms with Gasteiger partial charge in [0.05, 0.1) is 37.0 Å². The molecule has 1 saturated heterocycles. The number of aryl methyl sites for hydroxylation is 1. The number of methoxy groups -OCH3 is 1. The molecule has 1 fully saturated rings. The second kappa shape index (κ2) is 8.19. The molecule has 0 N–H and O–H groups in total. The molecule has 1 atom stereocenters. The molecule has 2 aliphatic rings. The van der Waals surface area contributed by atoms with Gasteiger partial charge in [-0.25, -0.2) is 9.78 Å². The summed E-state index contributed by atoms with van der Waals surface area (Å²) >= 11 is 0. The highest BCUT2D eigenvalue weighted by molar-refractivity contribution is 5.95. The summed E-state index contributed by atoms with van der Waals surface area (Å²) in [7, 11) is 1.44. The van der Waals surface area contributed by atoms with Crippen molar-refractivity contribution in [2.45, 2.75) is 58.5 Å². The first-order chi connectivity index (χ1) is 14.3. The van der Waals surface area contributed by atoms with Gasteiger partial charge in [0.25, 0.3) is 0 Å². The SMILES string of the molecule is COC(=O)N1c2ccc3c(nc(C(C)(C)C)n3CCN3CCOCC3)c2CC[C@@H]1C. The first kappa shape index (κ1) is 21.1. The lowest BCUT2D eigenvalue weighted by Crippen LogP contribution is -2.42. The number of carbonyl (C=O) groups is 1. The molecule has 4 rings (SSSR count). The molecule has 0 aliphatic carbocycles. The van der Waals surface area contributed by atoms with Crippen molar-refractivity contribution in [3.63, 3.8) is 0 Å². The van der Waals surface area contributed by atoms with Crippen molar-refractivity contribution < 1.29 is 14.3 Å². The van der Waals surface area contributed by atoms with Crippen LogP contribution in [0.3, 0.4) is 0 Å². The van der Waals surface area contributed by atoms with Gasteiger partial charge < -0.3 is 14.0 Å². The Kier molecular flexibility index (Phi) is 5.77. The highest BCUT2D eigenvalue weighted by atomic mass is 16.5. The maximum atomic E-state index is 12.4. The molecule has 7 nitrogen and oxygen atoms in total. The fraction of sp³-hybridized carbons (Fsp3) is 0.652. The molecule has 1 aromatic carbocycles. The fourth-order valence-corrected chi connectivity index (χ4v) is 4.67. The van der Waals surface area contributed by atoms with E-state index in [0.717, 1.165) is 80.3 Å². The summed E-state index contributed by atoms with van der Waals surface area (Å²) in [6.07, 6.45) is 1.53. The summed E-state index contributed by atoms with van der Waals surface area (Å²) < 4.78 is 12.9. The average molecular weight is 415 g/mol. The van der Waals surface area contributed by atoms with Crippen molar-refractivity contribution in [1.82, 2.24) is 14.5 Å². The first-order valence-electron chi connectivity index (χ1n) is 11.0. The van der Waals surface area contributed by atoms with Gasteiger partial charge in [-0.3, -0.25) is 9.80 Å². The third-order valence-electron chi connectivity index (χ3n) is 6.30. The fourth-order valence-electron chi connectivity index (χ4n) is 4.67. The van der Waals surface area contributed by atoms with Gasteiger partial charge in [0.1, 0.15) is 5.82 Å². The Labute approximate surface area is 178 Å². The lowest BCUT2D eigenvalue weighted by molar-refractivity contribution is 0.0363. The van der Waals surface area contributed by atoms with Gasteiger partial charge >= 0.3 is 6.09 Å². The number of hydrogen-bond donors (Lipinski definition) is 0. The summed E-state index contributed by atoms with van der Waals surface area (Å²) in [5.41, 5.74) is 4.21. The third-order valence-corrected chi connectivity index (χ3v) is 6.30. The van der Waals surface area contributed by atoms with Gasteiger partial charge in [-0.2, -0.15) is 0 Å². The monoisotopic (exact) mass is 414 g/mol. The van der Waals surface area contributed by atoms with Crippen molar-refractivity contribution in [3.8, 4) is 0 Å².